The van der Waals surface area contributed by atoms with Crippen LogP contribution in [-0.4, -0.2) is 47.1 Å². The fourth-order valence-electron chi connectivity index (χ4n) is 3.78. The van der Waals surface area contributed by atoms with Crippen LogP contribution in [0.2, 0.25) is 0 Å². The molecule has 13 heteroatoms. The van der Waals surface area contributed by atoms with Crippen molar-refractivity contribution < 1.29 is 26.4 Å². The molecule has 4 rings (SSSR count). The van der Waals surface area contributed by atoms with Crippen LogP contribution in [-0.2, 0) is 24.8 Å². The first-order chi connectivity index (χ1) is 19.6. The van der Waals surface area contributed by atoms with Crippen molar-refractivity contribution in [1.29, 1.82) is 0 Å². The number of rotatable bonds is 12. The molecule has 0 atom stereocenters. The molecular weight excluding hydrogens is 585 g/mol. The van der Waals surface area contributed by atoms with Gasteiger partial charge < -0.3 is 10.1 Å². The number of pyridine rings is 1. The maximum atomic E-state index is 13.8. The molecule has 0 aliphatic carbocycles. The number of carbonyl (C=O) groups is 1. The second-order valence-electron chi connectivity index (χ2n) is 8.48. The predicted molar refractivity (Wildman–Crippen MR) is 160 cm³/mol. The van der Waals surface area contributed by atoms with E-state index in [-0.39, 0.29) is 27.0 Å². The van der Waals surface area contributed by atoms with Crippen LogP contribution in [0.4, 0.5) is 17.2 Å². The highest BCUT2D eigenvalue weighted by Crippen LogP contribution is 2.33. The molecule has 0 saturated carbocycles. The highest BCUT2D eigenvalue weighted by Gasteiger charge is 2.29. The molecule has 4 aromatic rings. The van der Waals surface area contributed by atoms with Crippen molar-refractivity contribution in [2.45, 2.75) is 21.6 Å². The van der Waals surface area contributed by atoms with Crippen molar-refractivity contribution >= 4 is 54.9 Å². The third-order valence-corrected chi connectivity index (χ3v) is 9.61. The summed E-state index contributed by atoms with van der Waals surface area (Å²) in [7, 11) is -8.08. The van der Waals surface area contributed by atoms with Gasteiger partial charge in [-0.05, 0) is 86.0 Å². The summed E-state index contributed by atoms with van der Waals surface area (Å²) < 4.78 is 62.0. The number of carbonyl (C=O) groups excluding carboxylic acids is 1. The Kier molecular flexibility index (Phi) is 9.53. The van der Waals surface area contributed by atoms with Gasteiger partial charge in [-0.2, -0.15) is 0 Å². The van der Waals surface area contributed by atoms with Gasteiger partial charge in [0.2, 0.25) is 5.91 Å². The van der Waals surface area contributed by atoms with Gasteiger partial charge in [-0.25, -0.2) is 21.8 Å². The zero-order valence-electron chi connectivity index (χ0n) is 22.2. The third kappa shape index (κ3) is 7.37. The van der Waals surface area contributed by atoms with Crippen LogP contribution in [0.15, 0.2) is 112 Å². The van der Waals surface area contributed by atoms with Crippen molar-refractivity contribution in [3.05, 3.63) is 97.2 Å². The average molecular weight is 613 g/mol. The van der Waals surface area contributed by atoms with Crippen LogP contribution in [0.5, 0.6) is 5.75 Å². The maximum Gasteiger partial charge on any atom is 0.264 e. The summed E-state index contributed by atoms with van der Waals surface area (Å²) in [6.45, 7) is 1.52. The summed E-state index contributed by atoms with van der Waals surface area (Å²) in [5.41, 5.74) is 0.493. The Morgan fingerprint density at radius 3 is 2.17 bits per heavy atom. The molecule has 0 saturated heterocycles. The monoisotopic (exact) mass is 612 g/mol. The summed E-state index contributed by atoms with van der Waals surface area (Å²) in [5.74, 6) is -0.161. The predicted octanol–water partition coefficient (Wildman–Crippen LogP) is 4.84. The fourth-order valence-corrected chi connectivity index (χ4v) is 6.63. The molecule has 214 valence electrons. The van der Waals surface area contributed by atoms with E-state index in [1.54, 1.807) is 55.5 Å². The Hall–Kier alpha value is -4.07. The minimum Gasteiger partial charge on any atom is -0.492 e. The number of benzene rings is 3. The largest absolute Gasteiger partial charge is 0.492 e. The second-order valence-corrected chi connectivity index (χ2v) is 12.9. The molecule has 0 aliphatic rings. The van der Waals surface area contributed by atoms with Gasteiger partial charge in [0.25, 0.3) is 20.0 Å². The zero-order chi connectivity index (χ0) is 29.5. The lowest BCUT2D eigenvalue weighted by molar-refractivity contribution is -0.114. The number of sulfonamides is 2. The smallest absolute Gasteiger partial charge is 0.264 e. The van der Waals surface area contributed by atoms with E-state index in [9.17, 15) is 21.6 Å². The number of amides is 1. The number of thioether (sulfide) groups is 1. The minimum atomic E-state index is -4.17. The van der Waals surface area contributed by atoms with E-state index in [1.165, 1.54) is 60.4 Å². The molecular formula is C28H28N4O6S3. The lowest BCUT2D eigenvalue weighted by Gasteiger charge is -2.26. The van der Waals surface area contributed by atoms with Crippen molar-refractivity contribution in [2.24, 2.45) is 0 Å². The Morgan fingerprint density at radius 1 is 0.878 bits per heavy atom. The minimum absolute atomic E-state index is 0.0179. The number of aromatic nitrogens is 1. The molecule has 1 amide bonds. The molecule has 10 nitrogen and oxygen atoms in total. The van der Waals surface area contributed by atoms with Crippen LogP contribution in [0, 0.1) is 0 Å². The number of para-hydroxylation sites is 2. The van der Waals surface area contributed by atoms with Crippen LogP contribution in [0.1, 0.15) is 6.92 Å². The maximum absolute atomic E-state index is 13.8. The topological polar surface area (TPSA) is 135 Å². The fraction of sp³-hybridized carbons (Fsp3) is 0.143. The van der Waals surface area contributed by atoms with Gasteiger partial charge in [-0.15, -0.1) is 11.8 Å². The molecule has 2 N–H and O–H groups in total. The summed E-state index contributed by atoms with van der Waals surface area (Å²) in [6.07, 6.45) is 3.35. The summed E-state index contributed by atoms with van der Waals surface area (Å²) >= 11 is 1.48. The number of hydrogen-bond acceptors (Lipinski definition) is 8. The molecule has 1 heterocycles. The number of ether oxygens (including phenoxy) is 1. The van der Waals surface area contributed by atoms with Gasteiger partial charge in [0.1, 0.15) is 18.1 Å². The van der Waals surface area contributed by atoms with E-state index in [4.69, 9.17) is 4.74 Å². The zero-order valence-corrected chi connectivity index (χ0v) is 24.7. The third-order valence-electron chi connectivity index (χ3n) is 5.72. The average Bonchev–Trinajstić information content (AvgIpc) is 2.97. The number of hydrogen-bond donors (Lipinski definition) is 2. The van der Waals surface area contributed by atoms with E-state index < -0.39 is 32.5 Å². The lowest BCUT2D eigenvalue weighted by atomic mass is 10.3. The number of nitrogens with zero attached hydrogens (tertiary/aromatic N) is 2. The Balaban J connectivity index is 1.58. The lowest BCUT2D eigenvalue weighted by Crippen LogP contribution is -2.38. The highest BCUT2D eigenvalue weighted by atomic mass is 32.2. The van der Waals surface area contributed by atoms with Crippen molar-refractivity contribution in [3.63, 3.8) is 0 Å². The molecule has 3 aromatic carbocycles. The Bertz CT molecular complexity index is 1700. The Morgan fingerprint density at radius 2 is 1.54 bits per heavy atom. The normalized spacial score (nSPS) is 11.5. The second kappa shape index (κ2) is 13.1. The molecule has 0 aliphatic heterocycles. The van der Waals surface area contributed by atoms with Crippen LogP contribution >= 0.6 is 11.8 Å². The van der Waals surface area contributed by atoms with E-state index in [2.05, 4.69) is 15.0 Å². The molecule has 0 radical (unpaired) electrons. The van der Waals surface area contributed by atoms with Crippen LogP contribution in [0.3, 0.4) is 0 Å². The standard InChI is InChI=1S/C28H28N4O6S3/c1-3-38-26-9-5-4-8-25(26)32(41(36,37)24-17-13-22(39-2)14-18-24)20-28(33)30-21-11-15-23(16-12-21)40(34,35)31-27-10-6-7-19-29-27/h4-19H,3,20H2,1-2H3,(H,29,31)(H,30,33). The molecule has 0 fully saturated rings. The SMILES string of the molecule is CCOc1ccccc1N(CC(=O)Nc1ccc(S(=O)(=O)Nc2ccccn2)cc1)S(=O)(=O)c1ccc(SC)cc1. The number of anilines is 3. The van der Waals surface area contributed by atoms with E-state index in [0.29, 0.717) is 12.4 Å². The van der Waals surface area contributed by atoms with E-state index in [0.717, 1.165) is 9.20 Å². The first-order valence-electron chi connectivity index (χ1n) is 12.4. The summed E-state index contributed by atoms with van der Waals surface area (Å²) in [6, 6.07) is 23.3. The van der Waals surface area contributed by atoms with Crippen LogP contribution < -0.4 is 19.1 Å². The quantitative estimate of drug-likeness (QED) is 0.217. The molecule has 41 heavy (non-hydrogen) atoms. The van der Waals surface area contributed by atoms with Gasteiger partial charge in [0.05, 0.1) is 22.1 Å². The summed E-state index contributed by atoms with van der Waals surface area (Å²) in [5, 5.41) is 2.65. The summed E-state index contributed by atoms with van der Waals surface area (Å²) in [4.78, 5) is 18.0. The highest BCUT2D eigenvalue weighted by molar-refractivity contribution is 7.98. The molecule has 0 unspecified atom stereocenters. The van der Waals surface area contributed by atoms with Crippen LogP contribution in [0.25, 0.3) is 0 Å². The van der Waals surface area contributed by atoms with Crippen molar-refractivity contribution in [3.8, 4) is 5.75 Å². The van der Waals surface area contributed by atoms with Crippen molar-refractivity contribution in [1.82, 2.24) is 4.98 Å². The first kappa shape index (κ1) is 29.9. The van der Waals surface area contributed by atoms with Gasteiger partial charge in [0.15, 0.2) is 0 Å². The first-order valence-corrected chi connectivity index (χ1v) is 16.5. The number of nitrogens with one attached hydrogen (secondary N) is 2. The molecule has 0 bridgehead atoms. The van der Waals surface area contributed by atoms with Gasteiger partial charge in [-0.1, -0.05) is 18.2 Å². The van der Waals surface area contributed by atoms with Gasteiger partial charge >= 0.3 is 0 Å². The Labute approximate surface area is 243 Å². The molecule has 1 aromatic heterocycles. The van der Waals surface area contributed by atoms with Gasteiger partial charge in [-0.3, -0.25) is 13.8 Å². The molecule has 0 spiro atoms. The van der Waals surface area contributed by atoms with Crippen molar-refractivity contribution in [2.75, 3.05) is 33.8 Å². The van der Waals surface area contributed by atoms with E-state index in [1.807, 2.05) is 6.26 Å². The van der Waals surface area contributed by atoms with E-state index >= 15 is 0 Å². The van der Waals surface area contributed by atoms with Gasteiger partial charge in [0, 0.05) is 16.8 Å².